The van der Waals surface area contributed by atoms with Gasteiger partial charge in [-0.05, 0) is 45.2 Å². The number of aromatic nitrogens is 3. The molecule has 1 N–H and O–H groups in total. The normalized spacial score (nSPS) is 30.6. The molecule has 1 saturated heterocycles. The first-order valence-electron chi connectivity index (χ1n) is 9.54. The molecule has 132 valence electrons. The maximum atomic E-state index is 6.05. The van der Waals surface area contributed by atoms with Crippen molar-refractivity contribution < 1.29 is 4.74 Å². The third kappa shape index (κ3) is 2.15. The van der Waals surface area contributed by atoms with Crippen molar-refractivity contribution in [3.8, 4) is 5.82 Å². The zero-order valence-electron chi connectivity index (χ0n) is 15.0. The summed E-state index contributed by atoms with van der Waals surface area (Å²) in [5.74, 6) is 1.58. The Morgan fingerprint density at radius 1 is 1.36 bits per heavy atom. The van der Waals surface area contributed by atoms with Crippen LogP contribution in [0.4, 0.5) is 0 Å². The molecule has 2 aliphatic carbocycles. The van der Waals surface area contributed by atoms with Crippen LogP contribution in [0.3, 0.4) is 0 Å². The number of nitrogens with one attached hydrogen (secondary N) is 1. The number of pyridine rings is 1. The molecule has 2 aromatic heterocycles. The minimum atomic E-state index is 0.293. The van der Waals surface area contributed by atoms with Crippen molar-refractivity contribution in [1.82, 2.24) is 20.1 Å². The molecular formula is C20H26N4O. The highest BCUT2D eigenvalue weighted by atomic mass is 16.5. The first-order valence-corrected chi connectivity index (χ1v) is 9.54. The van der Waals surface area contributed by atoms with Crippen molar-refractivity contribution in [1.29, 1.82) is 0 Å². The summed E-state index contributed by atoms with van der Waals surface area (Å²) in [5.41, 5.74) is 2.85. The molecule has 25 heavy (non-hydrogen) atoms. The van der Waals surface area contributed by atoms with Crippen molar-refractivity contribution >= 4 is 0 Å². The van der Waals surface area contributed by atoms with E-state index in [1.807, 2.05) is 35.3 Å². The predicted molar refractivity (Wildman–Crippen MR) is 95.6 cm³/mol. The molecule has 3 aliphatic rings. The van der Waals surface area contributed by atoms with Crippen molar-refractivity contribution in [2.45, 2.75) is 57.7 Å². The molecule has 0 aromatic carbocycles. The Hall–Kier alpha value is -1.72. The minimum absolute atomic E-state index is 0.293. The van der Waals surface area contributed by atoms with E-state index in [-0.39, 0.29) is 0 Å². The summed E-state index contributed by atoms with van der Waals surface area (Å²) in [6.07, 6.45) is 9.54. The van der Waals surface area contributed by atoms with Gasteiger partial charge in [0.15, 0.2) is 5.82 Å². The molecule has 5 nitrogen and oxygen atoms in total. The highest BCUT2D eigenvalue weighted by Gasteiger charge is 2.66. The van der Waals surface area contributed by atoms with Crippen molar-refractivity contribution in [2.75, 3.05) is 6.61 Å². The second-order valence-electron chi connectivity index (χ2n) is 7.98. The Labute approximate surface area is 148 Å². The van der Waals surface area contributed by atoms with Gasteiger partial charge in [0.05, 0.1) is 12.3 Å². The molecule has 0 amide bonds. The van der Waals surface area contributed by atoms with Crippen LogP contribution in [-0.4, -0.2) is 33.5 Å². The molecule has 5 rings (SSSR count). The second-order valence-corrected chi connectivity index (χ2v) is 7.98. The lowest BCUT2D eigenvalue weighted by molar-refractivity contribution is -0.178. The first kappa shape index (κ1) is 15.5. The Morgan fingerprint density at radius 2 is 2.24 bits per heavy atom. The number of ether oxygens (including phenoxy) is 1. The summed E-state index contributed by atoms with van der Waals surface area (Å²) < 4.78 is 7.99. The van der Waals surface area contributed by atoms with Crippen LogP contribution in [0.2, 0.25) is 0 Å². The summed E-state index contributed by atoms with van der Waals surface area (Å²) in [5, 5.41) is 8.53. The molecule has 0 radical (unpaired) electrons. The van der Waals surface area contributed by atoms with Crippen LogP contribution in [0, 0.1) is 18.3 Å². The van der Waals surface area contributed by atoms with Crippen LogP contribution in [0.1, 0.15) is 49.9 Å². The molecule has 3 fully saturated rings. The van der Waals surface area contributed by atoms with E-state index < -0.39 is 0 Å². The molecule has 0 bridgehead atoms. The summed E-state index contributed by atoms with van der Waals surface area (Å²) in [4.78, 5) is 4.42. The van der Waals surface area contributed by atoms with E-state index in [0.717, 1.165) is 12.4 Å². The van der Waals surface area contributed by atoms with E-state index in [4.69, 9.17) is 4.74 Å². The Kier molecular flexibility index (Phi) is 3.51. The number of rotatable bonds is 4. The summed E-state index contributed by atoms with van der Waals surface area (Å²) >= 11 is 0. The second kappa shape index (κ2) is 5.64. The lowest BCUT2D eigenvalue weighted by Crippen LogP contribution is -2.71. The highest BCUT2D eigenvalue weighted by molar-refractivity contribution is 5.30. The Morgan fingerprint density at radius 3 is 2.96 bits per heavy atom. The van der Waals surface area contributed by atoms with E-state index >= 15 is 0 Å². The monoisotopic (exact) mass is 338 g/mol. The molecule has 3 heterocycles. The summed E-state index contributed by atoms with van der Waals surface area (Å²) in [6, 6.07) is 6.82. The van der Waals surface area contributed by atoms with Crippen LogP contribution < -0.4 is 5.32 Å². The van der Waals surface area contributed by atoms with Crippen LogP contribution in [-0.2, 0) is 4.74 Å². The standard InChI is InChI=1S/C20H26N4O/c1-13(16-12-22-24(14(16)2)17-6-3-4-10-21-17)23-18-15-7-11-25-19(15)20(18)8-5-9-20/h3-4,6,10,12-13,15,18-19,23H,5,7-9,11H2,1-2H3/t13-,15+,18+,19-/m0/s1. The molecular weight excluding hydrogens is 312 g/mol. The molecule has 1 spiro atoms. The third-order valence-electron chi connectivity index (χ3n) is 6.85. The van der Waals surface area contributed by atoms with Gasteiger partial charge in [0.2, 0.25) is 0 Å². The van der Waals surface area contributed by atoms with Crippen LogP contribution in [0.5, 0.6) is 0 Å². The van der Waals surface area contributed by atoms with Gasteiger partial charge < -0.3 is 10.1 Å². The van der Waals surface area contributed by atoms with Gasteiger partial charge in [-0.1, -0.05) is 12.5 Å². The lowest BCUT2D eigenvalue weighted by Gasteiger charge is -2.64. The fourth-order valence-electron chi connectivity index (χ4n) is 5.41. The van der Waals surface area contributed by atoms with Crippen LogP contribution >= 0.6 is 0 Å². The van der Waals surface area contributed by atoms with Gasteiger partial charge in [0, 0.05) is 47.5 Å². The van der Waals surface area contributed by atoms with Gasteiger partial charge >= 0.3 is 0 Å². The quantitative estimate of drug-likeness (QED) is 0.930. The third-order valence-corrected chi connectivity index (χ3v) is 6.85. The van der Waals surface area contributed by atoms with E-state index in [1.54, 1.807) is 0 Å². The average Bonchev–Trinajstić information content (AvgIpc) is 3.17. The molecule has 0 unspecified atom stereocenters. The molecule has 4 atom stereocenters. The fourth-order valence-corrected chi connectivity index (χ4v) is 5.41. The number of hydrogen-bond acceptors (Lipinski definition) is 4. The minimum Gasteiger partial charge on any atom is -0.377 e. The summed E-state index contributed by atoms with van der Waals surface area (Å²) in [7, 11) is 0. The average molecular weight is 338 g/mol. The molecule has 2 saturated carbocycles. The zero-order chi connectivity index (χ0) is 17.0. The van der Waals surface area contributed by atoms with Crippen molar-refractivity contribution in [2.24, 2.45) is 11.3 Å². The fraction of sp³-hybridized carbons (Fsp3) is 0.600. The summed E-state index contributed by atoms with van der Waals surface area (Å²) in [6.45, 7) is 5.35. The maximum Gasteiger partial charge on any atom is 0.153 e. The van der Waals surface area contributed by atoms with E-state index in [1.165, 1.54) is 36.9 Å². The van der Waals surface area contributed by atoms with E-state index in [9.17, 15) is 0 Å². The zero-order valence-corrected chi connectivity index (χ0v) is 15.0. The van der Waals surface area contributed by atoms with Gasteiger partial charge in [-0.25, -0.2) is 9.67 Å². The van der Waals surface area contributed by atoms with Gasteiger partial charge in [0.1, 0.15) is 0 Å². The van der Waals surface area contributed by atoms with Gasteiger partial charge in [-0.15, -0.1) is 0 Å². The molecule has 5 heteroatoms. The topological polar surface area (TPSA) is 52.0 Å². The Balaban J connectivity index is 1.37. The SMILES string of the molecule is Cc1c([C@H](C)N[C@@H]2[C@H]3CCO[C@@H]3C23CCC3)cnn1-c1ccccn1. The van der Waals surface area contributed by atoms with Crippen LogP contribution in [0.25, 0.3) is 5.82 Å². The number of fused-ring (bicyclic) bond motifs is 2. The van der Waals surface area contributed by atoms with Gasteiger partial charge in [-0.3, -0.25) is 0 Å². The predicted octanol–water partition coefficient (Wildman–Crippen LogP) is 3.18. The maximum absolute atomic E-state index is 6.05. The first-order chi connectivity index (χ1) is 12.2. The number of nitrogens with zero attached hydrogens (tertiary/aromatic N) is 3. The van der Waals surface area contributed by atoms with Crippen LogP contribution in [0.15, 0.2) is 30.6 Å². The van der Waals surface area contributed by atoms with Crippen molar-refractivity contribution in [3.63, 3.8) is 0 Å². The smallest absolute Gasteiger partial charge is 0.153 e. The van der Waals surface area contributed by atoms with Crippen molar-refractivity contribution in [3.05, 3.63) is 41.9 Å². The Bertz CT molecular complexity index is 767. The highest BCUT2D eigenvalue weighted by Crippen LogP contribution is 2.63. The van der Waals surface area contributed by atoms with Gasteiger partial charge in [-0.2, -0.15) is 5.10 Å². The largest absolute Gasteiger partial charge is 0.377 e. The van der Waals surface area contributed by atoms with Gasteiger partial charge in [0.25, 0.3) is 0 Å². The van der Waals surface area contributed by atoms with E-state index in [0.29, 0.717) is 29.5 Å². The molecule has 2 aromatic rings. The number of hydrogen-bond donors (Lipinski definition) is 1. The van der Waals surface area contributed by atoms with E-state index in [2.05, 4.69) is 29.2 Å². The molecule has 1 aliphatic heterocycles. The lowest BCUT2D eigenvalue weighted by atomic mass is 9.46.